The highest BCUT2D eigenvalue weighted by Crippen LogP contribution is 2.19. The van der Waals surface area contributed by atoms with Gasteiger partial charge in [0.25, 0.3) is 0 Å². The number of carbonyl (C=O) groups is 1. The number of amides is 1. The molecule has 100 valence electrons. The Hall–Kier alpha value is -2.10. The number of hydrogen-bond donors (Lipinski definition) is 1. The molecule has 0 unspecified atom stereocenters. The van der Waals surface area contributed by atoms with Gasteiger partial charge in [0.15, 0.2) is 0 Å². The molecule has 2 heterocycles. The fourth-order valence-electron chi connectivity index (χ4n) is 2.11. The smallest absolute Gasteiger partial charge is 0.224 e. The largest absolute Gasteiger partial charge is 0.469 e. The Morgan fingerprint density at radius 1 is 1.37 bits per heavy atom. The molecule has 1 N–H and O–H groups in total. The van der Waals surface area contributed by atoms with Crippen LogP contribution in [-0.4, -0.2) is 10.9 Å². The fourth-order valence-corrected chi connectivity index (χ4v) is 2.11. The van der Waals surface area contributed by atoms with Gasteiger partial charge in [0, 0.05) is 18.5 Å². The number of rotatable bonds is 4. The molecule has 0 radical (unpaired) electrons. The first kappa shape index (κ1) is 13.3. The van der Waals surface area contributed by atoms with Gasteiger partial charge in [0.2, 0.25) is 5.91 Å². The van der Waals surface area contributed by atoms with Crippen molar-refractivity contribution in [3.8, 4) is 0 Å². The second-order valence-corrected chi connectivity index (χ2v) is 4.67. The molecule has 0 spiro atoms. The van der Waals surface area contributed by atoms with Gasteiger partial charge in [-0.2, -0.15) is 0 Å². The summed E-state index contributed by atoms with van der Waals surface area (Å²) >= 11 is 0. The maximum atomic E-state index is 11.9. The molecular weight excluding hydrogens is 240 g/mol. The van der Waals surface area contributed by atoms with Gasteiger partial charge in [-0.05, 0) is 44.5 Å². The summed E-state index contributed by atoms with van der Waals surface area (Å²) in [5.41, 5.74) is 3.67. The van der Waals surface area contributed by atoms with Crippen LogP contribution in [0.5, 0.6) is 0 Å². The highest BCUT2D eigenvalue weighted by molar-refractivity contribution is 5.92. The Morgan fingerprint density at radius 2 is 2.16 bits per heavy atom. The first-order valence-electron chi connectivity index (χ1n) is 6.33. The van der Waals surface area contributed by atoms with Gasteiger partial charge in [-0.15, -0.1) is 0 Å². The van der Waals surface area contributed by atoms with E-state index in [0.29, 0.717) is 12.8 Å². The number of nitrogens with zero attached hydrogens (tertiary/aromatic N) is 1. The third-order valence-electron chi connectivity index (χ3n) is 2.97. The van der Waals surface area contributed by atoms with Crippen LogP contribution < -0.4 is 5.32 Å². The summed E-state index contributed by atoms with van der Waals surface area (Å²) in [4.78, 5) is 16.3. The van der Waals surface area contributed by atoms with E-state index in [1.807, 2.05) is 39.0 Å². The first-order chi connectivity index (χ1) is 9.06. The van der Waals surface area contributed by atoms with E-state index < -0.39 is 0 Å². The van der Waals surface area contributed by atoms with Crippen LogP contribution in [0.15, 0.2) is 28.9 Å². The standard InChI is InChI=1S/C15H18N2O2/c1-10-9-11(2)16-12(3)15(10)17-14(18)7-6-13-5-4-8-19-13/h4-5,8-9H,6-7H2,1-3H3,(H,17,18). The normalized spacial score (nSPS) is 10.5. The number of nitrogens with one attached hydrogen (secondary N) is 1. The van der Waals surface area contributed by atoms with E-state index in [9.17, 15) is 4.79 Å². The monoisotopic (exact) mass is 258 g/mol. The molecule has 0 atom stereocenters. The van der Waals surface area contributed by atoms with E-state index in [4.69, 9.17) is 4.42 Å². The lowest BCUT2D eigenvalue weighted by atomic mass is 10.1. The van der Waals surface area contributed by atoms with Crippen LogP contribution in [0.25, 0.3) is 0 Å². The lowest BCUT2D eigenvalue weighted by molar-refractivity contribution is -0.116. The molecule has 4 heteroatoms. The Labute approximate surface area is 112 Å². The summed E-state index contributed by atoms with van der Waals surface area (Å²) in [6, 6.07) is 5.66. The zero-order valence-corrected chi connectivity index (χ0v) is 11.5. The molecule has 0 aromatic carbocycles. The van der Waals surface area contributed by atoms with E-state index in [-0.39, 0.29) is 5.91 Å². The van der Waals surface area contributed by atoms with Crippen molar-refractivity contribution in [3.63, 3.8) is 0 Å². The van der Waals surface area contributed by atoms with Gasteiger partial charge in [0.05, 0.1) is 17.6 Å². The SMILES string of the molecule is Cc1cc(C)c(NC(=O)CCc2ccco2)c(C)n1. The molecular formula is C15H18N2O2. The minimum atomic E-state index is -0.0201. The molecule has 0 saturated heterocycles. The van der Waals surface area contributed by atoms with E-state index in [0.717, 1.165) is 28.4 Å². The fraction of sp³-hybridized carbons (Fsp3) is 0.333. The van der Waals surface area contributed by atoms with Gasteiger partial charge in [-0.3, -0.25) is 9.78 Å². The van der Waals surface area contributed by atoms with Gasteiger partial charge in [-0.25, -0.2) is 0 Å². The van der Waals surface area contributed by atoms with Crippen LogP contribution in [-0.2, 0) is 11.2 Å². The van der Waals surface area contributed by atoms with E-state index in [1.54, 1.807) is 6.26 Å². The lowest BCUT2D eigenvalue weighted by Gasteiger charge is -2.11. The summed E-state index contributed by atoms with van der Waals surface area (Å²) in [6.07, 6.45) is 2.63. The summed E-state index contributed by atoms with van der Waals surface area (Å²) in [5.74, 6) is 0.805. The molecule has 0 aliphatic heterocycles. The summed E-state index contributed by atoms with van der Waals surface area (Å²) < 4.78 is 5.20. The summed E-state index contributed by atoms with van der Waals surface area (Å²) in [7, 11) is 0. The Morgan fingerprint density at radius 3 is 2.79 bits per heavy atom. The predicted octanol–water partition coefficient (Wildman–Crippen LogP) is 3.17. The maximum Gasteiger partial charge on any atom is 0.224 e. The molecule has 2 aromatic heterocycles. The Bertz CT molecular complexity index is 551. The van der Waals surface area contributed by atoms with Crippen molar-refractivity contribution >= 4 is 11.6 Å². The summed E-state index contributed by atoms with van der Waals surface area (Å²) in [6.45, 7) is 5.83. The van der Waals surface area contributed by atoms with Crippen molar-refractivity contribution in [1.29, 1.82) is 0 Å². The van der Waals surface area contributed by atoms with Crippen molar-refractivity contribution in [2.75, 3.05) is 5.32 Å². The molecule has 2 aromatic rings. The van der Waals surface area contributed by atoms with Crippen LogP contribution >= 0.6 is 0 Å². The van der Waals surface area contributed by atoms with Crippen molar-refractivity contribution in [2.24, 2.45) is 0 Å². The van der Waals surface area contributed by atoms with Crippen molar-refractivity contribution < 1.29 is 9.21 Å². The van der Waals surface area contributed by atoms with Gasteiger partial charge in [-0.1, -0.05) is 0 Å². The average molecular weight is 258 g/mol. The Kier molecular flexibility index (Phi) is 4.00. The second kappa shape index (κ2) is 5.69. The van der Waals surface area contributed by atoms with Crippen molar-refractivity contribution in [2.45, 2.75) is 33.6 Å². The molecule has 19 heavy (non-hydrogen) atoms. The van der Waals surface area contributed by atoms with Crippen molar-refractivity contribution in [3.05, 3.63) is 47.2 Å². The number of pyridine rings is 1. The van der Waals surface area contributed by atoms with E-state index in [2.05, 4.69) is 10.3 Å². The van der Waals surface area contributed by atoms with Crippen molar-refractivity contribution in [1.82, 2.24) is 4.98 Å². The topological polar surface area (TPSA) is 55.1 Å². The lowest BCUT2D eigenvalue weighted by Crippen LogP contribution is -2.14. The minimum Gasteiger partial charge on any atom is -0.469 e. The Balaban J connectivity index is 1.99. The highest BCUT2D eigenvalue weighted by Gasteiger charge is 2.10. The average Bonchev–Trinajstić information content (AvgIpc) is 2.84. The van der Waals surface area contributed by atoms with Gasteiger partial charge in [0.1, 0.15) is 5.76 Å². The van der Waals surface area contributed by atoms with Crippen LogP contribution in [0, 0.1) is 20.8 Å². The zero-order valence-electron chi connectivity index (χ0n) is 11.5. The predicted molar refractivity (Wildman–Crippen MR) is 74.1 cm³/mol. The quantitative estimate of drug-likeness (QED) is 0.916. The van der Waals surface area contributed by atoms with E-state index in [1.165, 1.54) is 0 Å². The molecule has 0 fully saturated rings. The molecule has 0 bridgehead atoms. The first-order valence-corrected chi connectivity index (χ1v) is 6.33. The van der Waals surface area contributed by atoms with Gasteiger partial charge < -0.3 is 9.73 Å². The number of aryl methyl sites for hydroxylation is 4. The van der Waals surface area contributed by atoms with Crippen LogP contribution in [0.4, 0.5) is 5.69 Å². The maximum absolute atomic E-state index is 11.9. The van der Waals surface area contributed by atoms with Crippen LogP contribution in [0.3, 0.4) is 0 Å². The number of anilines is 1. The third-order valence-corrected chi connectivity index (χ3v) is 2.97. The zero-order chi connectivity index (χ0) is 13.8. The molecule has 1 amide bonds. The number of aromatic nitrogens is 1. The molecule has 2 rings (SSSR count). The van der Waals surface area contributed by atoms with E-state index >= 15 is 0 Å². The third kappa shape index (κ3) is 3.44. The van der Waals surface area contributed by atoms with Gasteiger partial charge >= 0.3 is 0 Å². The molecule has 4 nitrogen and oxygen atoms in total. The van der Waals surface area contributed by atoms with Crippen LogP contribution in [0.2, 0.25) is 0 Å². The molecule has 0 aliphatic rings. The molecule has 0 saturated carbocycles. The number of hydrogen-bond acceptors (Lipinski definition) is 3. The molecule has 0 aliphatic carbocycles. The minimum absolute atomic E-state index is 0.0201. The summed E-state index contributed by atoms with van der Waals surface area (Å²) in [5, 5.41) is 2.93. The highest BCUT2D eigenvalue weighted by atomic mass is 16.3. The van der Waals surface area contributed by atoms with Crippen LogP contribution in [0.1, 0.15) is 29.1 Å². The number of carbonyl (C=O) groups excluding carboxylic acids is 1. The second-order valence-electron chi connectivity index (χ2n) is 4.67. The number of furan rings is 1.